The molecule has 144 valence electrons. The van der Waals surface area contributed by atoms with Gasteiger partial charge in [-0.25, -0.2) is 4.79 Å². The molecule has 4 heterocycles. The van der Waals surface area contributed by atoms with E-state index in [1.54, 1.807) is 36.4 Å². The number of ether oxygens (including phenoxy) is 1. The van der Waals surface area contributed by atoms with Crippen LogP contribution in [-0.2, 0) is 0 Å². The Morgan fingerprint density at radius 1 is 1.37 bits per heavy atom. The molecule has 10 nitrogen and oxygen atoms in total. The molecule has 0 spiro atoms. The molecule has 3 aliphatic heterocycles. The molecule has 2 atom stereocenters. The van der Waals surface area contributed by atoms with Crippen LogP contribution in [-0.4, -0.2) is 59.4 Å². The fourth-order valence-corrected chi connectivity index (χ4v) is 3.53. The highest BCUT2D eigenvalue weighted by Gasteiger charge is 2.33. The number of aromatic amines is 1. The maximum absolute atomic E-state index is 12.7. The van der Waals surface area contributed by atoms with Gasteiger partial charge in [-0.3, -0.25) is 14.6 Å². The molecule has 0 aliphatic carbocycles. The topological polar surface area (TPSA) is 133 Å². The number of likely N-dealkylation sites (tertiary alicyclic amines) is 1. The van der Waals surface area contributed by atoms with E-state index < -0.39 is 6.17 Å². The molecule has 2 unspecified atom stereocenters. The summed E-state index contributed by atoms with van der Waals surface area (Å²) in [6.07, 6.45) is 6.02. The number of allylic oxidation sites excluding steroid dienone is 1. The summed E-state index contributed by atoms with van der Waals surface area (Å²) < 4.78 is 5.70. The smallest absolute Gasteiger partial charge is 0.322 e. The summed E-state index contributed by atoms with van der Waals surface area (Å²) in [5.74, 6) is 1.15. The molecular weight excluding hydrogens is 350 g/mol. The normalized spacial score (nSPS) is 24.0. The number of nitrogens with zero attached hydrogens (tertiary/aromatic N) is 3. The Morgan fingerprint density at radius 2 is 2.19 bits per heavy atom. The van der Waals surface area contributed by atoms with E-state index in [0.717, 1.165) is 18.5 Å². The minimum Gasteiger partial charge on any atom is -0.469 e. The molecule has 1 fully saturated rings. The maximum Gasteiger partial charge on any atom is 0.322 e. The van der Waals surface area contributed by atoms with E-state index in [0.29, 0.717) is 30.5 Å². The summed E-state index contributed by atoms with van der Waals surface area (Å²) >= 11 is 0. The molecule has 10 heteroatoms. The highest BCUT2D eigenvalue weighted by molar-refractivity contribution is 5.95. The fraction of sp³-hybridized carbons (Fsp3) is 0.412. The number of fused-ring (bicyclic) bond motifs is 1. The first-order chi connectivity index (χ1) is 13.0. The molecule has 1 aromatic heterocycles. The second-order valence-corrected chi connectivity index (χ2v) is 6.67. The molecule has 0 aromatic carbocycles. The number of H-pyrrole nitrogens is 1. The quantitative estimate of drug-likeness (QED) is 0.578. The van der Waals surface area contributed by atoms with Crippen LogP contribution in [0.25, 0.3) is 0 Å². The zero-order chi connectivity index (χ0) is 19.1. The van der Waals surface area contributed by atoms with E-state index in [4.69, 9.17) is 16.2 Å². The number of nitrogens with one attached hydrogen (secondary N) is 2. The average Bonchev–Trinajstić information content (AvgIpc) is 3.35. The Morgan fingerprint density at radius 3 is 2.85 bits per heavy atom. The summed E-state index contributed by atoms with van der Waals surface area (Å²) in [4.78, 5) is 32.6. The number of urea groups is 1. The van der Waals surface area contributed by atoms with Gasteiger partial charge in [-0.1, -0.05) is 0 Å². The minimum absolute atomic E-state index is 0.131. The van der Waals surface area contributed by atoms with E-state index in [9.17, 15) is 9.59 Å². The minimum atomic E-state index is -0.604. The maximum atomic E-state index is 12.7. The van der Waals surface area contributed by atoms with Crippen LogP contribution in [0.3, 0.4) is 0 Å². The van der Waals surface area contributed by atoms with Crippen molar-refractivity contribution in [3.8, 4) is 5.75 Å². The van der Waals surface area contributed by atoms with E-state index in [2.05, 4.69) is 10.3 Å². The average molecular weight is 373 g/mol. The lowest BCUT2D eigenvalue weighted by Crippen LogP contribution is -2.47. The first kappa shape index (κ1) is 17.4. The number of anilines is 1. The number of amides is 3. The van der Waals surface area contributed by atoms with Crippen LogP contribution in [0.15, 0.2) is 30.1 Å². The summed E-state index contributed by atoms with van der Waals surface area (Å²) in [6, 6.07) is 1.41. The Bertz CT molecular complexity index is 830. The van der Waals surface area contributed by atoms with Gasteiger partial charge in [0.15, 0.2) is 18.3 Å². The Kier molecular flexibility index (Phi) is 4.28. The van der Waals surface area contributed by atoms with Gasteiger partial charge < -0.3 is 31.4 Å². The predicted molar refractivity (Wildman–Crippen MR) is 98.5 cm³/mol. The molecule has 1 saturated heterocycles. The lowest BCUT2D eigenvalue weighted by atomic mass is 10.2. The third-order valence-corrected chi connectivity index (χ3v) is 5.00. The van der Waals surface area contributed by atoms with E-state index in [1.165, 1.54) is 4.90 Å². The van der Waals surface area contributed by atoms with Crippen molar-refractivity contribution >= 4 is 17.8 Å². The zero-order valence-corrected chi connectivity index (χ0v) is 15.0. The molecular formula is C17H23N7O3. The van der Waals surface area contributed by atoms with Gasteiger partial charge in [-0.15, -0.1) is 0 Å². The van der Waals surface area contributed by atoms with Crippen LogP contribution >= 0.6 is 0 Å². The third kappa shape index (κ3) is 2.92. The van der Waals surface area contributed by atoms with Crippen molar-refractivity contribution in [2.75, 3.05) is 25.2 Å². The SMILES string of the molecule is CNC(=O)N1C=CC(N2COc3cc(C(=O)N4CCCC4N)[nH]c32)=CC1N. The van der Waals surface area contributed by atoms with Gasteiger partial charge in [0, 0.05) is 31.6 Å². The van der Waals surface area contributed by atoms with Gasteiger partial charge in [0.05, 0.1) is 6.17 Å². The zero-order valence-electron chi connectivity index (χ0n) is 15.0. The Hall–Kier alpha value is -2.98. The van der Waals surface area contributed by atoms with Gasteiger partial charge >= 0.3 is 6.03 Å². The molecule has 4 rings (SSSR count). The summed E-state index contributed by atoms with van der Waals surface area (Å²) in [7, 11) is 1.55. The number of carbonyl (C=O) groups excluding carboxylic acids is 2. The largest absolute Gasteiger partial charge is 0.469 e. The van der Waals surface area contributed by atoms with Crippen molar-refractivity contribution in [1.29, 1.82) is 0 Å². The van der Waals surface area contributed by atoms with Gasteiger partial charge in [-0.2, -0.15) is 0 Å². The van der Waals surface area contributed by atoms with Crippen LogP contribution < -0.4 is 26.4 Å². The van der Waals surface area contributed by atoms with E-state index in [-0.39, 0.29) is 18.1 Å². The lowest BCUT2D eigenvalue weighted by molar-refractivity contribution is 0.0735. The molecule has 3 aliphatic rings. The number of carbonyl (C=O) groups is 2. The Balaban J connectivity index is 1.54. The molecule has 1 aromatic rings. The number of hydrogen-bond donors (Lipinski definition) is 4. The number of rotatable bonds is 2. The van der Waals surface area contributed by atoms with Crippen LogP contribution in [0, 0.1) is 0 Å². The van der Waals surface area contributed by atoms with Crippen LogP contribution in [0.1, 0.15) is 23.3 Å². The molecule has 0 radical (unpaired) electrons. The fourth-order valence-electron chi connectivity index (χ4n) is 3.53. The second kappa shape index (κ2) is 6.63. The van der Waals surface area contributed by atoms with Crippen molar-refractivity contribution in [3.05, 3.63) is 35.8 Å². The van der Waals surface area contributed by atoms with Crippen molar-refractivity contribution < 1.29 is 14.3 Å². The van der Waals surface area contributed by atoms with Crippen molar-refractivity contribution in [2.24, 2.45) is 11.5 Å². The first-order valence-corrected chi connectivity index (χ1v) is 8.85. The number of aromatic nitrogens is 1. The first-order valence-electron chi connectivity index (χ1n) is 8.85. The Labute approximate surface area is 156 Å². The van der Waals surface area contributed by atoms with Crippen molar-refractivity contribution in [2.45, 2.75) is 25.2 Å². The van der Waals surface area contributed by atoms with Crippen LogP contribution in [0.4, 0.5) is 10.6 Å². The number of hydrogen-bond acceptors (Lipinski definition) is 6. The van der Waals surface area contributed by atoms with Gasteiger partial charge in [0.25, 0.3) is 5.91 Å². The predicted octanol–water partition coefficient (Wildman–Crippen LogP) is 0.0292. The lowest BCUT2D eigenvalue weighted by Gasteiger charge is -2.29. The highest BCUT2D eigenvalue weighted by Crippen LogP contribution is 2.38. The third-order valence-electron chi connectivity index (χ3n) is 5.00. The molecule has 0 bridgehead atoms. The summed E-state index contributed by atoms with van der Waals surface area (Å²) in [6.45, 7) is 0.952. The second-order valence-electron chi connectivity index (χ2n) is 6.67. The van der Waals surface area contributed by atoms with E-state index >= 15 is 0 Å². The van der Waals surface area contributed by atoms with Crippen LogP contribution in [0.2, 0.25) is 0 Å². The molecule has 6 N–H and O–H groups in total. The highest BCUT2D eigenvalue weighted by atomic mass is 16.5. The molecule has 3 amide bonds. The summed E-state index contributed by atoms with van der Waals surface area (Å²) in [5, 5.41) is 2.54. The van der Waals surface area contributed by atoms with Crippen molar-refractivity contribution in [3.63, 3.8) is 0 Å². The molecule has 27 heavy (non-hydrogen) atoms. The van der Waals surface area contributed by atoms with Crippen LogP contribution in [0.5, 0.6) is 5.75 Å². The molecule has 0 saturated carbocycles. The van der Waals surface area contributed by atoms with Crippen molar-refractivity contribution in [1.82, 2.24) is 20.1 Å². The van der Waals surface area contributed by atoms with E-state index in [1.807, 2.05) is 4.90 Å². The standard InChI is InChI=1S/C17H23N7O3/c1-20-17(26)23-6-4-10(7-14(23)19)24-9-27-12-8-11(21-15(12)24)16(25)22-5-2-3-13(22)18/h4,6-8,13-14,21H,2-3,5,9,18-19H2,1H3,(H,20,26). The monoisotopic (exact) mass is 373 g/mol. The summed E-state index contributed by atoms with van der Waals surface area (Å²) in [5.41, 5.74) is 13.3. The number of nitrogens with two attached hydrogens (primary N) is 2. The van der Waals surface area contributed by atoms with Gasteiger partial charge in [0.1, 0.15) is 11.9 Å². The van der Waals surface area contributed by atoms with Gasteiger partial charge in [0.2, 0.25) is 0 Å². The van der Waals surface area contributed by atoms with Gasteiger partial charge in [-0.05, 0) is 25.0 Å².